The van der Waals surface area contributed by atoms with E-state index in [2.05, 4.69) is 5.32 Å². The smallest absolute Gasteiger partial charge is 0.350 e. The molecule has 3 aromatic rings. The maximum atomic E-state index is 12.7. The summed E-state index contributed by atoms with van der Waals surface area (Å²) in [6.45, 7) is 3.99. The second-order valence-corrected chi connectivity index (χ2v) is 7.05. The Labute approximate surface area is 160 Å². The number of thiophene rings is 1. The van der Waals surface area contributed by atoms with Crippen LogP contribution in [0.25, 0.3) is 5.69 Å². The van der Waals surface area contributed by atoms with Crippen molar-refractivity contribution in [2.24, 2.45) is 0 Å². The minimum atomic E-state index is -0.492. The largest absolute Gasteiger partial charge is 0.465 e. The third-order valence-electron chi connectivity index (χ3n) is 4.01. The number of aryl methyl sites for hydroxylation is 2. The lowest BCUT2D eigenvalue weighted by Gasteiger charge is -2.13. The summed E-state index contributed by atoms with van der Waals surface area (Å²) in [7, 11) is 1.30. The Bertz CT molecular complexity index is 971. The van der Waals surface area contributed by atoms with Crippen LogP contribution in [0, 0.1) is 13.8 Å². The summed E-state index contributed by atoms with van der Waals surface area (Å²) in [5.74, 6) is -0.878. The van der Waals surface area contributed by atoms with Gasteiger partial charge in [-0.2, -0.15) is 0 Å². The van der Waals surface area contributed by atoms with E-state index in [0.717, 1.165) is 17.1 Å². The van der Waals surface area contributed by atoms with Gasteiger partial charge in [0.1, 0.15) is 4.88 Å². The summed E-state index contributed by atoms with van der Waals surface area (Å²) >= 11 is 7.45. The Hall–Kier alpha value is -2.57. The number of esters is 1. The highest BCUT2D eigenvalue weighted by Crippen LogP contribution is 2.27. The SMILES string of the molecule is COC(=O)c1sccc1NC(=O)c1cc(-n2c(C)ccc2C)ccc1Cl. The molecule has 2 heterocycles. The van der Waals surface area contributed by atoms with Gasteiger partial charge in [-0.05, 0) is 55.6 Å². The van der Waals surface area contributed by atoms with Crippen LogP contribution in [-0.2, 0) is 4.74 Å². The summed E-state index contributed by atoms with van der Waals surface area (Å²) < 4.78 is 6.77. The molecule has 0 atom stereocenters. The second kappa shape index (κ2) is 7.35. The van der Waals surface area contributed by atoms with Crippen molar-refractivity contribution in [3.05, 3.63) is 68.6 Å². The predicted molar refractivity (Wildman–Crippen MR) is 104 cm³/mol. The molecule has 0 fully saturated rings. The molecule has 26 heavy (non-hydrogen) atoms. The molecule has 0 radical (unpaired) electrons. The minimum absolute atomic E-state index is 0.332. The van der Waals surface area contributed by atoms with Gasteiger partial charge in [0.25, 0.3) is 5.91 Å². The third kappa shape index (κ3) is 3.38. The first-order valence-electron chi connectivity index (χ1n) is 7.84. The highest BCUT2D eigenvalue weighted by molar-refractivity contribution is 7.12. The number of hydrogen-bond acceptors (Lipinski definition) is 4. The Kier molecular flexibility index (Phi) is 5.15. The fourth-order valence-electron chi connectivity index (χ4n) is 2.75. The van der Waals surface area contributed by atoms with Crippen LogP contribution in [0.5, 0.6) is 0 Å². The van der Waals surface area contributed by atoms with E-state index in [1.54, 1.807) is 23.6 Å². The quantitative estimate of drug-likeness (QED) is 0.650. The first kappa shape index (κ1) is 18.2. The van der Waals surface area contributed by atoms with Gasteiger partial charge in [0.2, 0.25) is 0 Å². The number of ether oxygens (including phenoxy) is 1. The summed E-state index contributed by atoms with van der Waals surface area (Å²) in [5, 5.41) is 4.79. The van der Waals surface area contributed by atoms with Gasteiger partial charge < -0.3 is 14.6 Å². The van der Waals surface area contributed by atoms with Crippen molar-refractivity contribution >= 4 is 40.5 Å². The van der Waals surface area contributed by atoms with Crippen LogP contribution in [-0.4, -0.2) is 23.6 Å². The summed E-state index contributed by atoms with van der Waals surface area (Å²) in [5.41, 5.74) is 3.70. The van der Waals surface area contributed by atoms with E-state index in [1.165, 1.54) is 18.4 Å². The van der Waals surface area contributed by atoms with E-state index in [0.29, 0.717) is 21.2 Å². The Morgan fingerprint density at radius 3 is 2.46 bits per heavy atom. The Balaban J connectivity index is 1.94. The van der Waals surface area contributed by atoms with Crippen LogP contribution in [0.3, 0.4) is 0 Å². The highest BCUT2D eigenvalue weighted by atomic mass is 35.5. The highest BCUT2D eigenvalue weighted by Gasteiger charge is 2.18. The molecule has 0 aliphatic carbocycles. The number of aromatic nitrogens is 1. The van der Waals surface area contributed by atoms with Crippen LogP contribution in [0.2, 0.25) is 5.02 Å². The molecule has 7 heteroatoms. The van der Waals surface area contributed by atoms with Crippen LogP contribution in [0.15, 0.2) is 41.8 Å². The van der Waals surface area contributed by atoms with E-state index >= 15 is 0 Å². The number of carbonyl (C=O) groups excluding carboxylic acids is 2. The van der Waals surface area contributed by atoms with Crippen molar-refractivity contribution in [2.75, 3.05) is 12.4 Å². The summed E-state index contributed by atoms with van der Waals surface area (Å²) in [6.07, 6.45) is 0. The Morgan fingerprint density at radius 1 is 1.12 bits per heavy atom. The van der Waals surface area contributed by atoms with Gasteiger partial charge in [0, 0.05) is 17.1 Å². The molecule has 0 spiro atoms. The lowest BCUT2D eigenvalue weighted by atomic mass is 10.1. The lowest BCUT2D eigenvalue weighted by molar-refractivity contribution is 0.0607. The first-order chi connectivity index (χ1) is 12.4. The predicted octanol–water partition coefficient (Wildman–Crippen LogP) is 4.85. The molecule has 1 amide bonds. The van der Waals surface area contributed by atoms with Crippen molar-refractivity contribution < 1.29 is 14.3 Å². The lowest BCUT2D eigenvalue weighted by Crippen LogP contribution is -2.15. The number of halogens is 1. The summed E-state index contributed by atoms with van der Waals surface area (Å²) in [6, 6.07) is 11.0. The number of rotatable bonds is 4. The summed E-state index contributed by atoms with van der Waals surface area (Å²) in [4.78, 5) is 24.8. The van der Waals surface area contributed by atoms with Crippen LogP contribution in [0.4, 0.5) is 5.69 Å². The van der Waals surface area contributed by atoms with E-state index < -0.39 is 5.97 Å². The molecule has 0 unspecified atom stereocenters. The van der Waals surface area contributed by atoms with Crippen LogP contribution in [0.1, 0.15) is 31.4 Å². The maximum Gasteiger partial charge on any atom is 0.350 e. The van der Waals surface area contributed by atoms with Gasteiger partial charge in [-0.3, -0.25) is 4.79 Å². The third-order valence-corrected chi connectivity index (χ3v) is 5.23. The van der Waals surface area contributed by atoms with E-state index in [4.69, 9.17) is 16.3 Å². The average molecular weight is 389 g/mol. The maximum absolute atomic E-state index is 12.7. The minimum Gasteiger partial charge on any atom is -0.465 e. The molecular formula is C19H17ClN2O3S. The standard InChI is InChI=1S/C19H17ClN2O3S/c1-11-4-5-12(2)22(11)13-6-7-15(20)14(10-13)18(23)21-16-8-9-26-17(16)19(24)25-3/h4-10H,1-3H3,(H,21,23). The molecule has 1 aromatic carbocycles. The van der Waals surface area contributed by atoms with E-state index in [-0.39, 0.29) is 5.91 Å². The number of carbonyl (C=O) groups is 2. The average Bonchev–Trinajstić information content (AvgIpc) is 3.21. The van der Waals surface area contributed by atoms with Crippen molar-refractivity contribution in [2.45, 2.75) is 13.8 Å². The molecule has 1 N–H and O–H groups in total. The fraction of sp³-hybridized carbons (Fsp3) is 0.158. The zero-order valence-corrected chi connectivity index (χ0v) is 16.1. The molecule has 0 aliphatic rings. The molecule has 0 bridgehead atoms. The molecule has 0 saturated carbocycles. The van der Waals surface area contributed by atoms with Gasteiger partial charge in [0.15, 0.2) is 0 Å². The van der Waals surface area contributed by atoms with Crippen LogP contribution < -0.4 is 5.32 Å². The fourth-order valence-corrected chi connectivity index (χ4v) is 3.72. The van der Waals surface area contributed by atoms with Crippen molar-refractivity contribution in [3.63, 3.8) is 0 Å². The number of benzene rings is 1. The number of nitrogens with one attached hydrogen (secondary N) is 1. The van der Waals surface area contributed by atoms with Gasteiger partial charge in [-0.15, -0.1) is 11.3 Å². The van der Waals surface area contributed by atoms with Gasteiger partial charge in [0.05, 0.1) is 23.4 Å². The first-order valence-corrected chi connectivity index (χ1v) is 9.10. The number of nitrogens with zero attached hydrogens (tertiary/aromatic N) is 1. The van der Waals surface area contributed by atoms with Gasteiger partial charge >= 0.3 is 5.97 Å². The van der Waals surface area contributed by atoms with E-state index in [9.17, 15) is 9.59 Å². The molecule has 0 saturated heterocycles. The topological polar surface area (TPSA) is 60.3 Å². The monoisotopic (exact) mass is 388 g/mol. The number of hydrogen-bond donors (Lipinski definition) is 1. The molecule has 2 aromatic heterocycles. The number of anilines is 1. The normalized spacial score (nSPS) is 10.6. The second-order valence-electron chi connectivity index (χ2n) is 5.72. The Morgan fingerprint density at radius 2 is 1.81 bits per heavy atom. The molecule has 0 aliphatic heterocycles. The van der Waals surface area contributed by atoms with Gasteiger partial charge in [-0.25, -0.2) is 4.79 Å². The zero-order chi connectivity index (χ0) is 18.8. The van der Waals surface area contributed by atoms with Crippen molar-refractivity contribution in [1.82, 2.24) is 4.57 Å². The molecule has 5 nitrogen and oxygen atoms in total. The van der Waals surface area contributed by atoms with Crippen molar-refractivity contribution in [1.29, 1.82) is 0 Å². The van der Waals surface area contributed by atoms with Crippen molar-refractivity contribution in [3.8, 4) is 5.69 Å². The van der Waals surface area contributed by atoms with Gasteiger partial charge in [-0.1, -0.05) is 11.6 Å². The van der Waals surface area contributed by atoms with Crippen LogP contribution >= 0.6 is 22.9 Å². The molecular weight excluding hydrogens is 372 g/mol. The number of amides is 1. The van der Waals surface area contributed by atoms with E-state index in [1.807, 2.05) is 36.6 Å². The molecule has 134 valence electrons. The molecule has 3 rings (SSSR count). The number of methoxy groups -OCH3 is 1. The zero-order valence-electron chi connectivity index (χ0n) is 14.5.